The SMILES string of the molecule is Cl.Cl.O=C(Nc1ccc(Cl)cn1)C1CCCN(CCC(=O)N2CCNCC2)C1. The van der Waals surface area contributed by atoms with E-state index >= 15 is 0 Å². The fourth-order valence-corrected chi connectivity index (χ4v) is 3.59. The second-order valence-corrected chi connectivity index (χ2v) is 7.31. The topological polar surface area (TPSA) is 77.6 Å². The first-order valence-corrected chi connectivity index (χ1v) is 9.63. The van der Waals surface area contributed by atoms with Crippen LogP contribution in [0, 0.1) is 5.92 Å². The predicted octanol–water partition coefficient (Wildman–Crippen LogP) is 2.05. The Hall–Kier alpha value is -1.12. The highest BCUT2D eigenvalue weighted by atomic mass is 35.5. The van der Waals surface area contributed by atoms with Gasteiger partial charge in [0.1, 0.15) is 5.82 Å². The lowest BCUT2D eigenvalue weighted by Crippen LogP contribution is -2.47. The standard InChI is InChI=1S/C18H26ClN5O2.2ClH/c19-15-3-4-16(21-12-15)22-18(26)14-2-1-8-23(13-14)9-5-17(25)24-10-6-20-7-11-24;;/h3-4,12,14,20H,1-2,5-11,13H2,(H,21,22,26);2*1H. The number of carbonyl (C=O) groups is 2. The van der Waals surface area contributed by atoms with Gasteiger partial charge in [-0.15, -0.1) is 24.8 Å². The van der Waals surface area contributed by atoms with Crippen molar-refractivity contribution in [1.82, 2.24) is 20.1 Å². The van der Waals surface area contributed by atoms with Crippen LogP contribution in [-0.4, -0.2) is 72.4 Å². The number of amides is 2. The minimum absolute atomic E-state index is 0. The molecular formula is C18H28Cl3N5O2. The lowest BCUT2D eigenvalue weighted by Gasteiger charge is -2.33. The van der Waals surface area contributed by atoms with Crippen molar-refractivity contribution in [3.8, 4) is 0 Å². The highest BCUT2D eigenvalue weighted by molar-refractivity contribution is 6.30. The number of anilines is 1. The molecule has 1 aromatic rings. The highest BCUT2D eigenvalue weighted by Crippen LogP contribution is 2.19. The monoisotopic (exact) mass is 451 g/mol. The third-order valence-electron chi connectivity index (χ3n) is 4.97. The quantitative estimate of drug-likeness (QED) is 0.715. The molecule has 0 aromatic carbocycles. The Morgan fingerprint density at radius 2 is 1.96 bits per heavy atom. The van der Waals surface area contributed by atoms with Gasteiger partial charge in [-0.3, -0.25) is 9.59 Å². The van der Waals surface area contributed by atoms with Crippen molar-refractivity contribution in [3.05, 3.63) is 23.4 Å². The minimum atomic E-state index is -0.0736. The summed E-state index contributed by atoms with van der Waals surface area (Å²) in [7, 11) is 0. The Balaban J connectivity index is 0.00000196. The number of piperazine rings is 1. The first-order chi connectivity index (χ1) is 12.6. The van der Waals surface area contributed by atoms with Gasteiger partial charge in [-0.2, -0.15) is 0 Å². The molecule has 1 unspecified atom stereocenters. The summed E-state index contributed by atoms with van der Waals surface area (Å²) in [5.74, 6) is 0.641. The number of hydrogen-bond donors (Lipinski definition) is 2. The number of aromatic nitrogens is 1. The molecule has 2 aliphatic rings. The van der Waals surface area contributed by atoms with Gasteiger partial charge in [-0.25, -0.2) is 4.98 Å². The van der Waals surface area contributed by atoms with Gasteiger partial charge in [-0.1, -0.05) is 11.6 Å². The molecule has 2 aliphatic heterocycles. The van der Waals surface area contributed by atoms with E-state index in [1.54, 1.807) is 12.1 Å². The first kappa shape index (κ1) is 24.9. The maximum atomic E-state index is 12.5. The van der Waals surface area contributed by atoms with Crippen molar-refractivity contribution in [2.45, 2.75) is 19.3 Å². The molecule has 3 rings (SSSR count). The lowest BCUT2D eigenvalue weighted by atomic mass is 9.97. The van der Waals surface area contributed by atoms with Gasteiger partial charge in [0, 0.05) is 51.9 Å². The van der Waals surface area contributed by atoms with E-state index in [1.807, 2.05) is 4.90 Å². The fraction of sp³-hybridized carbons (Fsp3) is 0.611. The second-order valence-electron chi connectivity index (χ2n) is 6.87. The summed E-state index contributed by atoms with van der Waals surface area (Å²) in [6.45, 7) is 5.67. The van der Waals surface area contributed by atoms with Gasteiger partial charge in [0.25, 0.3) is 0 Å². The Morgan fingerprint density at radius 3 is 2.64 bits per heavy atom. The molecule has 1 atom stereocenters. The molecule has 3 heterocycles. The zero-order valence-corrected chi connectivity index (χ0v) is 18.1. The Bertz CT molecular complexity index is 626. The Kier molecular flexibility index (Phi) is 11.1. The van der Waals surface area contributed by atoms with E-state index in [1.165, 1.54) is 6.20 Å². The van der Waals surface area contributed by atoms with Crippen LogP contribution in [0.5, 0.6) is 0 Å². The zero-order valence-electron chi connectivity index (χ0n) is 15.7. The summed E-state index contributed by atoms with van der Waals surface area (Å²) < 4.78 is 0. The second kappa shape index (κ2) is 12.4. The van der Waals surface area contributed by atoms with E-state index in [0.29, 0.717) is 30.4 Å². The summed E-state index contributed by atoms with van der Waals surface area (Å²) >= 11 is 5.82. The summed E-state index contributed by atoms with van der Waals surface area (Å²) in [6, 6.07) is 3.41. The molecule has 1 aromatic heterocycles. The molecule has 0 saturated carbocycles. The molecule has 0 spiro atoms. The van der Waals surface area contributed by atoms with Crippen molar-refractivity contribution in [2.24, 2.45) is 5.92 Å². The van der Waals surface area contributed by atoms with E-state index in [0.717, 1.165) is 45.6 Å². The third-order valence-corrected chi connectivity index (χ3v) is 5.19. The van der Waals surface area contributed by atoms with Gasteiger partial charge in [-0.05, 0) is 31.5 Å². The van der Waals surface area contributed by atoms with Gasteiger partial charge in [0.05, 0.1) is 10.9 Å². The van der Waals surface area contributed by atoms with E-state index in [2.05, 4.69) is 20.5 Å². The number of halogens is 3. The largest absolute Gasteiger partial charge is 0.340 e. The number of piperidine rings is 1. The molecule has 158 valence electrons. The van der Waals surface area contributed by atoms with E-state index in [-0.39, 0.29) is 42.5 Å². The highest BCUT2D eigenvalue weighted by Gasteiger charge is 2.27. The summed E-state index contributed by atoms with van der Waals surface area (Å²) in [4.78, 5) is 33.1. The molecule has 2 saturated heterocycles. The van der Waals surface area contributed by atoms with Crippen molar-refractivity contribution in [1.29, 1.82) is 0 Å². The number of pyridine rings is 1. The average molecular weight is 453 g/mol. The fourth-order valence-electron chi connectivity index (χ4n) is 3.48. The van der Waals surface area contributed by atoms with Crippen LogP contribution < -0.4 is 10.6 Å². The van der Waals surface area contributed by atoms with Crippen molar-refractivity contribution in [2.75, 3.05) is 51.1 Å². The number of rotatable bonds is 5. The molecule has 28 heavy (non-hydrogen) atoms. The van der Waals surface area contributed by atoms with Crippen LogP contribution in [0.4, 0.5) is 5.82 Å². The van der Waals surface area contributed by atoms with Gasteiger partial charge in [0.2, 0.25) is 11.8 Å². The number of nitrogens with zero attached hydrogens (tertiary/aromatic N) is 3. The number of carbonyl (C=O) groups excluding carboxylic acids is 2. The Labute approximate surface area is 183 Å². The molecular weight excluding hydrogens is 425 g/mol. The number of nitrogens with one attached hydrogen (secondary N) is 2. The molecule has 2 amide bonds. The molecule has 2 fully saturated rings. The smallest absolute Gasteiger partial charge is 0.229 e. The lowest BCUT2D eigenvalue weighted by molar-refractivity contribution is -0.132. The van der Waals surface area contributed by atoms with Crippen LogP contribution in [0.1, 0.15) is 19.3 Å². The number of hydrogen-bond acceptors (Lipinski definition) is 5. The Morgan fingerprint density at radius 1 is 1.21 bits per heavy atom. The molecule has 2 N–H and O–H groups in total. The molecule has 0 radical (unpaired) electrons. The van der Waals surface area contributed by atoms with Crippen LogP contribution in [-0.2, 0) is 9.59 Å². The normalized spacial score (nSPS) is 19.9. The maximum Gasteiger partial charge on any atom is 0.229 e. The minimum Gasteiger partial charge on any atom is -0.340 e. The number of likely N-dealkylation sites (tertiary alicyclic amines) is 1. The van der Waals surface area contributed by atoms with E-state index in [9.17, 15) is 9.59 Å². The van der Waals surface area contributed by atoms with Crippen molar-refractivity contribution >= 4 is 54.0 Å². The molecule has 0 bridgehead atoms. The van der Waals surface area contributed by atoms with Crippen LogP contribution >= 0.6 is 36.4 Å². The van der Waals surface area contributed by atoms with Crippen molar-refractivity contribution < 1.29 is 9.59 Å². The van der Waals surface area contributed by atoms with Crippen LogP contribution in [0.25, 0.3) is 0 Å². The molecule has 7 nitrogen and oxygen atoms in total. The van der Waals surface area contributed by atoms with Crippen LogP contribution in [0.2, 0.25) is 5.02 Å². The third kappa shape index (κ3) is 7.37. The molecule has 10 heteroatoms. The van der Waals surface area contributed by atoms with Crippen LogP contribution in [0.3, 0.4) is 0 Å². The average Bonchev–Trinajstić information content (AvgIpc) is 2.69. The van der Waals surface area contributed by atoms with E-state index in [4.69, 9.17) is 11.6 Å². The predicted molar refractivity (Wildman–Crippen MR) is 116 cm³/mol. The van der Waals surface area contributed by atoms with E-state index < -0.39 is 0 Å². The van der Waals surface area contributed by atoms with Gasteiger partial charge in [0.15, 0.2) is 0 Å². The summed E-state index contributed by atoms with van der Waals surface area (Å²) in [5, 5.41) is 6.66. The maximum absolute atomic E-state index is 12.5. The first-order valence-electron chi connectivity index (χ1n) is 9.25. The van der Waals surface area contributed by atoms with Gasteiger partial charge >= 0.3 is 0 Å². The van der Waals surface area contributed by atoms with Gasteiger partial charge < -0.3 is 20.4 Å². The zero-order chi connectivity index (χ0) is 18.4. The van der Waals surface area contributed by atoms with Crippen molar-refractivity contribution in [3.63, 3.8) is 0 Å². The van der Waals surface area contributed by atoms with Crippen LogP contribution in [0.15, 0.2) is 18.3 Å². The molecule has 0 aliphatic carbocycles. The summed E-state index contributed by atoms with van der Waals surface area (Å²) in [6.07, 6.45) is 3.87. The summed E-state index contributed by atoms with van der Waals surface area (Å²) in [5.41, 5.74) is 0.